The number of imidazole rings is 1. The van der Waals surface area contributed by atoms with Crippen LogP contribution in [0, 0.1) is 4.77 Å². The summed E-state index contributed by atoms with van der Waals surface area (Å²) in [7, 11) is 0. The van der Waals surface area contributed by atoms with Crippen LogP contribution in [0.5, 0.6) is 5.75 Å². The van der Waals surface area contributed by atoms with E-state index in [4.69, 9.17) is 23.8 Å². The summed E-state index contributed by atoms with van der Waals surface area (Å²) in [4.78, 5) is 7.12. The summed E-state index contributed by atoms with van der Waals surface area (Å²) in [6.45, 7) is -2.92. The molecule has 0 radical (unpaired) electrons. The van der Waals surface area contributed by atoms with Crippen LogP contribution in [-0.4, -0.2) is 21.1 Å². The molecule has 0 atom stereocenters. The van der Waals surface area contributed by atoms with Crippen molar-refractivity contribution < 1.29 is 13.5 Å². The topological polar surface area (TPSA) is 42.8 Å². The highest BCUT2D eigenvalue weighted by Gasteiger charge is 2.15. The minimum absolute atomic E-state index is 0.0150. The van der Waals surface area contributed by atoms with Gasteiger partial charge in [0.1, 0.15) is 5.75 Å². The maximum atomic E-state index is 12.5. The molecule has 1 aromatic carbocycles. The van der Waals surface area contributed by atoms with Crippen molar-refractivity contribution in [2.24, 2.45) is 0 Å². The SMILES string of the molecule is FC(F)Oc1ccccc1-n1c(=S)[nH]c2cc(Cl)cnc21. The Hall–Kier alpha value is -1.99. The van der Waals surface area contributed by atoms with Gasteiger partial charge in [-0.3, -0.25) is 4.57 Å². The van der Waals surface area contributed by atoms with Crippen LogP contribution in [0.15, 0.2) is 36.5 Å². The van der Waals surface area contributed by atoms with E-state index in [1.54, 1.807) is 24.3 Å². The highest BCUT2D eigenvalue weighted by Crippen LogP contribution is 2.28. The first-order valence-electron chi connectivity index (χ1n) is 5.87. The molecule has 0 amide bonds. The number of alkyl halides is 2. The molecule has 3 aromatic rings. The Balaban J connectivity index is 2.26. The van der Waals surface area contributed by atoms with Gasteiger partial charge in [-0.25, -0.2) is 4.98 Å². The van der Waals surface area contributed by atoms with E-state index in [1.165, 1.54) is 16.8 Å². The number of nitrogens with one attached hydrogen (secondary N) is 1. The van der Waals surface area contributed by atoms with Crippen molar-refractivity contribution in [1.82, 2.24) is 14.5 Å². The molecule has 0 aliphatic heterocycles. The molecule has 0 aliphatic rings. The lowest BCUT2D eigenvalue weighted by molar-refractivity contribution is -0.0498. The van der Waals surface area contributed by atoms with Gasteiger partial charge in [0.2, 0.25) is 0 Å². The molecule has 0 bridgehead atoms. The van der Waals surface area contributed by atoms with Gasteiger partial charge >= 0.3 is 6.61 Å². The Bertz CT molecular complexity index is 862. The van der Waals surface area contributed by atoms with Crippen molar-refractivity contribution >= 4 is 35.0 Å². The molecule has 2 heterocycles. The van der Waals surface area contributed by atoms with E-state index < -0.39 is 6.61 Å². The molecule has 0 saturated carbocycles. The van der Waals surface area contributed by atoms with E-state index >= 15 is 0 Å². The number of aromatic amines is 1. The third kappa shape index (κ3) is 2.62. The van der Waals surface area contributed by atoms with E-state index in [0.29, 0.717) is 26.6 Å². The second-order valence-electron chi connectivity index (χ2n) is 4.14. The minimum Gasteiger partial charge on any atom is -0.433 e. The zero-order chi connectivity index (χ0) is 15.0. The van der Waals surface area contributed by atoms with E-state index in [-0.39, 0.29) is 5.75 Å². The Labute approximate surface area is 128 Å². The molecule has 3 rings (SSSR count). The number of hydrogen-bond acceptors (Lipinski definition) is 3. The van der Waals surface area contributed by atoms with Crippen LogP contribution in [0.3, 0.4) is 0 Å². The van der Waals surface area contributed by atoms with Gasteiger partial charge in [-0.2, -0.15) is 8.78 Å². The third-order valence-electron chi connectivity index (χ3n) is 2.81. The fourth-order valence-corrected chi connectivity index (χ4v) is 2.48. The van der Waals surface area contributed by atoms with Crippen LogP contribution >= 0.6 is 23.8 Å². The molecule has 21 heavy (non-hydrogen) atoms. The summed E-state index contributed by atoms with van der Waals surface area (Å²) < 4.78 is 31.4. The van der Waals surface area contributed by atoms with Gasteiger partial charge in [-0.05, 0) is 30.4 Å². The van der Waals surface area contributed by atoms with E-state index in [1.807, 2.05) is 0 Å². The lowest BCUT2D eigenvalue weighted by Gasteiger charge is -2.11. The number of nitrogens with zero attached hydrogens (tertiary/aromatic N) is 2. The average molecular weight is 328 g/mol. The molecule has 0 fully saturated rings. The molecular formula is C13H8ClF2N3OS. The largest absolute Gasteiger partial charge is 0.433 e. The fraction of sp³-hybridized carbons (Fsp3) is 0.0769. The minimum atomic E-state index is -2.92. The first-order chi connectivity index (χ1) is 10.1. The normalized spacial score (nSPS) is 11.2. The van der Waals surface area contributed by atoms with Crippen LogP contribution in [0.25, 0.3) is 16.9 Å². The molecular weight excluding hydrogens is 320 g/mol. The van der Waals surface area contributed by atoms with Gasteiger partial charge in [0.15, 0.2) is 10.4 Å². The summed E-state index contributed by atoms with van der Waals surface area (Å²) in [6, 6.07) is 8.02. The van der Waals surface area contributed by atoms with Crippen molar-refractivity contribution in [3.05, 3.63) is 46.3 Å². The van der Waals surface area contributed by atoms with Crippen LogP contribution in [0.4, 0.5) is 8.78 Å². The van der Waals surface area contributed by atoms with E-state index in [2.05, 4.69) is 14.7 Å². The lowest BCUT2D eigenvalue weighted by Crippen LogP contribution is -2.06. The van der Waals surface area contributed by atoms with Gasteiger partial charge in [0, 0.05) is 6.20 Å². The van der Waals surface area contributed by atoms with Crippen LogP contribution < -0.4 is 4.74 Å². The Morgan fingerprint density at radius 1 is 1.33 bits per heavy atom. The number of rotatable bonds is 3. The van der Waals surface area contributed by atoms with E-state index in [9.17, 15) is 8.78 Å². The van der Waals surface area contributed by atoms with Crippen molar-refractivity contribution in [2.75, 3.05) is 0 Å². The highest BCUT2D eigenvalue weighted by molar-refractivity contribution is 7.71. The van der Waals surface area contributed by atoms with Crippen LogP contribution in [0.2, 0.25) is 5.02 Å². The average Bonchev–Trinajstić information content (AvgIpc) is 2.74. The first-order valence-corrected chi connectivity index (χ1v) is 6.65. The third-order valence-corrected chi connectivity index (χ3v) is 3.30. The Morgan fingerprint density at radius 2 is 2.10 bits per heavy atom. The molecule has 0 unspecified atom stereocenters. The number of benzene rings is 1. The van der Waals surface area contributed by atoms with Gasteiger partial charge in [0.25, 0.3) is 0 Å². The van der Waals surface area contributed by atoms with Crippen LogP contribution in [-0.2, 0) is 0 Å². The highest BCUT2D eigenvalue weighted by atomic mass is 35.5. The number of fused-ring (bicyclic) bond motifs is 1. The van der Waals surface area contributed by atoms with Crippen molar-refractivity contribution in [1.29, 1.82) is 0 Å². The number of para-hydroxylation sites is 2. The molecule has 8 heteroatoms. The van der Waals surface area contributed by atoms with Crippen molar-refractivity contribution in [2.45, 2.75) is 6.61 Å². The number of ether oxygens (including phenoxy) is 1. The maximum absolute atomic E-state index is 12.5. The summed E-state index contributed by atoms with van der Waals surface area (Å²) >= 11 is 11.1. The number of pyridine rings is 1. The summed E-state index contributed by atoms with van der Waals surface area (Å²) in [5.41, 5.74) is 1.47. The quantitative estimate of drug-likeness (QED) is 0.728. The predicted molar refractivity (Wildman–Crippen MR) is 77.9 cm³/mol. The second-order valence-corrected chi connectivity index (χ2v) is 4.96. The predicted octanol–water partition coefficient (Wildman–Crippen LogP) is 4.34. The van der Waals surface area contributed by atoms with Gasteiger partial charge < -0.3 is 9.72 Å². The maximum Gasteiger partial charge on any atom is 0.387 e. The van der Waals surface area contributed by atoms with E-state index in [0.717, 1.165) is 0 Å². The first kappa shape index (κ1) is 14.0. The number of H-pyrrole nitrogens is 1. The zero-order valence-electron chi connectivity index (χ0n) is 10.4. The molecule has 0 spiro atoms. The zero-order valence-corrected chi connectivity index (χ0v) is 12.0. The fourth-order valence-electron chi connectivity index (χ4n) is 2.03. The number of hydrogen-bond donors (Lipinski definition) is 1. The summed E-state index contributed by atoms with van der Waals surface area (Å²) in [5, 5.41) is 0.447. The summed E-state index contributed by atoms with van der Waals surface area (Å²) in [6.07, 6.45) is 1.46. The van der Waals surface area contributed by atoms with Crippen LogP contribution in [0.1, 0.15) is 0 Å². The Morgan fingerprint density at radius 3 is 2.86 bits per heavy atom. The Kier molecular flexibility index (Phi) is 3.60. The smallest absolute Gasteiger partial charge is 0.387 e. The summed E-state index contributed by atoms with van der Waals surface area (Å²) in [5.74, 6) is 0.0150. The van der Waals surface area contributed by atoms with Gasteiger partial charge in [-0.1, -0.05) is 23.7 Å². The number of halogens is 3. The molecule has 1 N–H and O–H groups in total. The van der Waals surface area contributed by atoms with Crippen molar-refractivity contribution in [3.63, 3.8) is 0 Å². The molecule has 0 aliphatic carbocycles. The molecule has 2 aromatic heterocycles. The van der Waals surface area contributed by atoms with Crippen molar-refractivity contribution in [3.8, 4) is 11.4 Å². The molecule has 108 valence electrons. The van der Waals surface area contributed by atoms with Gasteiger partial charge in [-0.15, -0.1) is 0 Å². The second kappa shape index (κ2) is 5.42. The standard InChI is InChI=1S/C13H8ClF2N3OS/c14-7-5-8-11(17-6-7)19(13(21)18-8)9-3-1-2-4-10(9)20-12(15)16/h1-6,12H,(H,18,21). The lowest BCUT2D eigenvalue weighted by atomic mass is 10.3. The monoisotopic (exact) mass is 327 g/mol. The molecule has 0 saturated heterocycles. The number of aromatic nitrogens is 3. The molecule has 4 nitrogen and oxygen atoms in total. The van der Waals surface area contributed by atoms with Gasteiger partial charge in [0.05, 0.1) is 16.2 Å².